The molecule has 0 radical (unpaired) electrons. The normalized spacial score (nSPS) is 10.9. The summed E-state index contributed by atoms with van der Waals surface area (Å²) in [6.07, 6.45) is 0. The summed E-state index contributed by atoms with van der Waals surface area (Å²) in [4.78, 5) is 12.7. The van der Waals surface area contributed by atoms with Crippen LogP contribution in [-0.2, 0) is 11.3 Å². The lowest BCUT2D eigenvalue weighted by Gasteiger charge is -2.09. The number of rotatable bonds is 4. The van der Waals surface area contributed by atoms with Crippen LogP contribution in [0.1, 0.15) is 21.5 Å². The number of hydrogen-bond donors (Lipinski definition) is 0. The Balaban J connectivity index is 1.70. The van der Waals surface area contributed by atoms with E-state index in [0.717, 1.165) is 27.5 Å². The van der Waals surface area contributed by atoms with E-state index in [1.54, 1.807) is 6.07 Å². The molecule has 0 amide bonds. The molecule has 4 heteroatoms. The first-order valence-corrected chi connectivity index (χ1v) is 9.42. The van der Waals surface area contributed by atoms with Gasteiger partial charge >= 0.3 is 5.97 Å². The van der Waals surface area contributed by atoms with E-state index in [1.807, 2.05) is 67.6 Å². The van der Waals surface area contributed by atoms with Gasteiger partial charge in [0.15, 0.2) is 4.67 Å². The van der Waals surface area contributed by atoms with Gasteiger partial charge in [-0.05, 0) is 40.5 Å². The lowest BCUT2D eigenvalue weighted by molar-refractivity contribution is 0.0473. The molecule has 0 bridgehead atoms. The molecule has 4 aromatic rings. The molecule has 0 aliphatic heterocycles. The first kappa shape index (κ1) is 17.6. The first-order valence-electron chi connectivity index (χ1n) is 8.62. The van der Waals surface area contributed by atoms with Crippen molar-refractivity contribution >= 4 is 32.7 Å². The van der Waals surface area contributed by atoms with Crippen LogP contribution in [0.4, 0.5) is 0 Å². The Morgan fingerprint density at radius 3 is 2.52 bits per heavy atom. The van der Waals surface area contributed by atoms with E-state index in [0.29, 0.717) is 16.0 Å². The first-order chi connectivity index (χ1) is 13.1. The minimum absolute atomic E-state index is 0.232. The number of benzene rings is 3. The summed E-state index contributed by atoms with van der Waals surface area (Å²) in [7, 11) is 0. The largest absolute Gasteiger partial charge is 0.457 e. The molecule has 0 N–H and O–H groups in total. The van der Waals surface area contributed by atoms with Gasteiger partial charge in [-0.3, -0.25) is 0 Å². The zero-order valence-corrected chi connectivity index (χ0v) is 16.3. The molecule has 0 atom stereocenters. The molecule has 0 spiro atoms. The van der Waals surface area contributed by atoms with Crippen LogP contribution in [0.5, 0.6) is 0 Å². The predicted octanol–water partition coefficient (Wildman–Crippen LogP) is 6.53. The molecule has 3 aromatic carbocycles. The van der Waals surface area contributed by atoms with E-state index in [4.69, 9.17) is 9.15 Å². The highest BCUT2D eigenvalue weighted by molar-refractivity contribution is 9.10. The highest BCUT2D eigenvalue weighted by Gasteiger charge is 2.20. The number of carbonyl (C=O) groups is 1. The molecule has 0 unspecified atom stereocenters. The molecule has 27 heavy (non-hydrogen) atoms. The molecule has 1 heterocycles. The van der Waals surface area contributed by atoms with Gasteiger partial charge in [-0.15, -0.1) is 0 Å². The van der Waals surface area contributed by atoms with Crippen LogP contribution in [0.3, 0.4) is 0 Å². The molecule has 0 aliphatic carbocycles. The van der Waals surface area contributed by atoms with Crippen molar-refractivity contribution in [1.82, 2.24) is 0 Å². The maximum Gasteiger partial charge on any atom is 0.339 e. The van der Waals surface area contributed by atoms with Crippen molar-refractivity contribution < 1.29 is 13.9 Å². The number of ether oxygens (including phenoxy) is 1. The summed E-state index contributed by atoms with van der Waals surface area (Å²) >= 11 is 3.49. The predicted molar refractivity (Wildman–Crippen MR) is 110 cm³/mol. The highest BCUT2D eigenvalue weighted by atomic mass is 79.9. The van der Waals surface area contributed by atoms with Gasteiger partial charge in [-0.2, -0.15) is 0 Å². The average molecular weight is 421 g/mol. The molecule has 0 saturated carbocycles. The van der Waals surface area contributed by atoms with Gasteiger partial charge < -0.3 is 9.15 Å². The molecular formula is C23H17BrO3. The maximum atomic E-state index is 12.7. The summed E-state index contributed by atoms with van der Waals surface area (Å²) in [5, 5.41) is 1.94. The molecule has 0 aliphatic rings. The molecule has 0 fully saturated rings. The summed E-state index contributed by atoms with van der Waals surface area (Å²) < 4.78 is 12.1. The van der Waals surface area contributed by atoms with Crippen molar-refractivity contribution in [1.29, 1.82) is 0 Å². The van der Waals surface area contributed by atoms with Crippen LogP contribution in [0.25, 0.3) is 22.1 Å². The van der Waals surface area contributed by atoms with Gasteiger partial charge in [-0.1, -0.05) is 66.2 Å². The van der Waals surface area contributed by atoms with Crippen molar-refractivity contribution in [3.8, 4) is 11.3 Å². The van der Waals surface area contributed by atoms with Gasteiger partial charge in [0.2, 0.25) is 0 Å². The smallest absolute Gasteiger partial charge is 0.339 e. The second kappa shape index (κ2) is 7.41. The summed E-state index contributed by atoms with van der Waals surface area (Å²) in [5.74, 6) is 0.284. The third-order valence-corrected chi connectivity index (χ3v) is 5.02. The van der Waals surface area contributed by atoms with Gasteiger partial charge in [0.1, 0.15) is 12.4 Å². The Labute approximate surface area is 165 Å². The van der Waals surface area contributed by atoms with Crippen molar-refractivity contribution in [2.45, 2.75) is 13.5 Å². The van der Waals surface area contributed by atoms with Crippen molar-refractivity contribution in [2.75, 3.05) is 0 Å². The SMILES string of the molecule is Cc1ccc2c(-c3ccccc3C(=O)OCc3ccccc3)oc(Br)c2c1. The van der Waals surface area contributed by atoms with E-state index < -0.39 is 0 Å². The number of halogens is 1. The quantitative estimate of drug-likeness (QED) is 0.352. The Bertz CT molecular complexity index is 1110. The second-order valence-electron chi connectivity index (χ2n) is 6.36. The molecule has 4 rings (SSSR count). The number of esters is 1. The van der Waals surface area contributed by atoms with E-state index >= 15 is 0 Å². The standard InChI is InChI=1S/C23H17BrO3/c1-15-11-12-18-20(13-15)22(24)27-21(18)17-9-5-6-10-19(17)23(25)26-14-16-7-3-2-4-8-16/h2-13H,14H2,1H3. The minimum atomic E-state index is -0.373. The van der Waals surface area contributed by atoms with E-state index in [2.05, 4.69) is 22.0 Å². The van der Waals surface area contributed by atoms with E-state index in [-0.39, 0.29) is 12.6 Å². The Morgan fingerprint density at radius 2 is 1.70 bits per heavy atom. The Hall–Kier alpha value is -2.85. The molecule has 134 valence electrons. The Kier molecular flexibility index (Phi) is 4.82. The van der Waals surface area contributed by atoms with Crippen LogP contribution in [0.2, 0.25) is 0 Å². The average Bonchev–Trinajstić information content (AvgIpc) is 3.03. The van der Waals surface area contributed by atoms with E-state index in [9.17, 15) is 4.79 Å². The van der Waals surface area contributed by atoms with Crippen LogP contribution in [-0.4, -0.2) is 5.97 Å². The maximum absolute atomic E-state index is 12.7. The fourth-order valence-corrected chi connectivity index (χ4v) is 3.57. The Morgan fingerprint density at radius 1 is 0.963 bits per heavy atom. The van der Waals surface area contributed by atoms with Crippen LogP contribution in [0, 0.1) is 6.92 Å². The van der Waals surface area contributed by atoms with Gasteiger partial charge in [0, 0.05) is 16.3 Å². The third-order valence-electron chi connectivity index (χ3n) is 4.43. The molecular weight excluding hydrogens is 404 g/mol. The summed E-state index contributed by atoms with van der Waals surface area (Å²) in [6.45, 7) is 2.27. The van der Waals surface area contributed by atoms with Gasteiger partial charge in [-0.25, -0.2) is 4.79 Å². The highest BCUT2D eigenvalue weighted by Crippen LogP contribution is 2.38. The molecule has 3 nitrogen and oxygen atoms in total. The summed E-state index contributed by atoms with van der Waals surface area (Å²) in [6, 6.07) is 23.1. The zero-order chi connectivity index (χ0) is 18.8. The molecule has 1 aromatic heterocycles. The number of carbonyl (C=O) groups excluding carboxylic acids is 1. The van der Waals surface area contributed by atoms with Crippen molar-refractivity contribution in [3.05, 3.63) is 94.2 Å². The van der Waals surface area contributed by atoms with E-state index in [1.165, 1.54) is 0 Å². The van der Waals surface area contributed by atoms with Crippen LogP contribution in [0.15, 0.2) is 81.9 Å². The zero-order valence-electron chi connectivity index (χ0n) is 14.7. The van der Waals surface area contributed by atoms with Crippen LogP contribution >= 0.6 is 15.9 Å². The van der Waals surface area contributed by atoms with Crippen molar-refractivity contribution in [3.63, 3.8) is 0 Å². The minimum Gasteiger partial charge on any atom is -0.457 e. The van der Waals surface area contributed by atoms with Gasteiger partial charge in [0.25, 0.3) is 0 Å². The topological polar surface area (TPSA) is 39.4 Å². The lowest BCUT2D eigenvalue weighted by atomic mass is 10.0. The second-order valence-corrected chi connectivity index (χ2v) is 7.08. The molecule has 0 saturated heterocycles. The third kappa shape index (κ3) is 3.53. The number of furan rings is 1. The fraction of sp³-hybridized carbons (Fsp3) is 0.0870. The van der Waals surface area contributed by atoms with Crippen molar-refractivity contribution in [2.24, 2.45) is 0 Å². The van der Waals surface area contributed by atoms with Gasteiger partial charge in [0.05, 0.1) is 5.56 Å². The monoisotopic (exact) mass is 420 g/mol. The lowest BCUT2D eigenvalue weighted by Crippen LogP contribution is -2.06. The fourth-order valence-electron chi connectivity index (χ4n) is 3.08. The van der Waals surface area contributed by atoms with Crippen LogP contribution < -0.4 is 0 Å². The number of aryl methyl sites for hydroxylation is 1. The number of fused-ring (bicyclic) bond motifs is 1. The summed E-state index contributed by atoms with van der Waals surface area (Å²) in [5.41, 5.74) is 3.29. The number of hydrogen-bond acceptors (Lipinski definition) is 3.